The van der Waals surface area contributed by atoms with Crippen molar-refractivity contribution >= 4 is 5.91 Å². The fourth-order valence-corrected chi connectivity index (χ4v) is 2.48. The molecule has 3 unspecified atom stereocenters. The largest absolute Gasteiger partial charge is 0.497 e. The molecule has 1 aliphatic heterocycles. The Kier molecular flexibility index (Phi) is 4.07. The lowest BCUT2D eigenvalue weighted by molar-refractivity contribution is -0.130. The van der Waals surface area contributed by atoms with Crippen molar-refractivity contribution in [2.75, 3.05) is 13.7 Å². The molecular weight excluding hydrogens is 246 g/mol. The highest BCUT2D eigenvalue weighted by atomic mass is 16.5. The maximum atomic E-state index is 11.5. The molecule has 2 rings (SSSR count). The smallest absolute Gasteiger partial charge is 0.219 e. The van der Waals surface area contributed by atoms with Crippen LogP contribution in [-0.2, 0) is 11.2 Å². The van der Waals surface area contributed by atoms with Crippen molar-refractivity contribution in [1.82, 2.24) is 4.90 Å². The lowest BCUT2D eigenvalue weighted by atomic mass is 10.0. The Morgan fingerprint density at radius 2 is 2.00 bits per heavy atom. The molecule has 1 aromatic carbocycles. The molecule has 1 amide bonds. The molecule has 0 saturated carbocycles. The molecule has 0 spiro atoms. The summed E-state index contributed by atoms with van der Waals surface area (Å²) in [6.07, 6.45) is -1.25. The maximum Gasteiger partial charge on any atom is 0.219 e. The molecule has 1 aromatic rings. The van der Waals surface area contributed by atoms with E-state index >= 15 is 0 Å². The number of nitrogens with zero attached hydrogens (tertiary/aromatic N) is 1. The molecule has 0 aliphatic carbocycles. The van der Waals surface area contributed by atoms with E-state index in [1.807, 2.05) is 24.3 Å². The molecule has 0 bridgehead atoms. The van der Waals surface area contributed by atoms with Crippen molar-refractivity contribution in [3.63, 3.8) is 0 Å². The molecule has 1 aliphatic rings. The second-order valence-corrected chi connectivity index (χ2v) is 4.85. The number of carbonyl (C=O) groups excluding carboxylic acids is 1. The molecule has 1 fully saturated rings. The van der Waals surface area contributed by atoms with E-state index < -0.39 is 12.2 Å². The standard InChI is InChI=1S/C14H19NO4/c1-9(16)15-8-13(17)14(18)12(15)7-10-3-5-11(19-2)6-4-10/h3-6,12-14,17-18H,7-8H2,1-2H3. The van der Waals surface area contributed by atoms with Crippen molar-refractivity contribution in [1.29, 1.82) is 0 Å². The van der Waals surface area contributed by atoms with Crippen LogP contribution in [0.5, 0.6) is 5.75 Å². The zero-order valence-corrected chi connectivity index (χ0v) is 11.1. The van der Waals surface area contributed by atoms with Gasteiger partial charge in [0.05, 0.1) is 19.3 Å². The number of β-amino-alcohol motifs (C(OH)–C–C–N with tert-alkyl or cyclic N) is 1. The number of aliphatic hydroxyl groups excluding tert-OH is 2. The van der Waals surface area contributed by atoms with Gasteiger partial charge in [-0.2, -0.15) is 0 Å². The quantitative estimate of drug-likeness (QED) is 0.818. The third kappa shape index (κ3) is 2.88. The van der Waals surface area contributed by atoms with Crippen LogP contribution >= 0.6 is 0 Å². The lowest BCUT2D eigenvalue weighted by Gasteiger charge is -2.24. The Bertz CT molecular complexity index is 445. The zero-order valence-electron chi connectivity index (χ0n) is 11.1. The number of hydrogen-bond donors (Lipinski definition) is 2. The first-order valence-electron chi connectivity index (χ1n) is 6.29. The molecule has 19 heavy (non-hydrogen) atoms. The van der Waals surface area contributed by atoms with Gasteiger partial charge in [0.1, 0.15) is 11.9 Å². The summed E-state index contributed by atoms with van der Waals surface area (Å²) in [4.78, 5) is 13.0. The molecule has 5 heteroatoms. The zero-order chi connectivity index (χ0) is 14.0. The highest BCUT2D eigenvalue weighted by Gasteiger charge is 2.40. The molecule has 3 atom stereocenters. The minimum atomic E-state index is -0.897. The van der Waals surface area contributed by atoms with Gasteiger partial charge in [-0.1, -0.05) is 12.1 Å². The van der Waals surface area contributed by atoms with Crippen molar-refractivity contribution in [3.05, 3.63) is 29.8 Å². The first-order valence-corrected chi connectivity index (χ1v) is 6.29. The fraction of sp³-hybridized carbons (Fsp3) is 0.500. The summed E-state index contributed by atoms with van der Waals surface area (Å²) in [6.45, 7) is 1.64. The molecule has 1 heterocycles. The highest BCUT2D eigenvalue weighted by molar-refractivity contribution is 5.74. The summed E-state index contributed by atoms with van der Waals surface area (Å²) in [5.41, 5.74) is 0.991. The molecule has 0 aromatic heterocycles. The van der Waals surface area contributed by atoms with Crippen molar-refractivity contribution in [2.24, 2.45) is 0 Å². The minimum absolute atomic E-state index is 0.130. The van der Waals surface area contributed by atoms with Gasteiger partial charge in [0.25, 0.3) is 0 Å². The van der Waals surface area contributed by atoms with Gasteiger partial charge in [-0.3, -0.25) is 4.79 Å². The Labute approximate surface area is 112 Å². The van der Waals surface area contributed by atoms with E-state index in [4.69, 9.17) is 4.74 Å². The number of ether oxygens (including phenoxy) is 1. The van der Waals surface area contributed by atoms with Gasteiger partial charge in [-0.05, 0) is 24.1 Å². The summed E-state index contributed by atoms with van der Waals surface area (Å²) < 4.78 is 5.08. The lowest BCUT2D eigenvalue weighted by Crippen LogP contribution is -2.40. The Balaban J connectivity index is 2.12. The fourth-order valence-electron chi connectivity index (χ4n) is 2.48. The first-order chi connectivity index (χ1) is 9.02. The second kappa shape index (κ2) is 5.59. The number of rotatable bonds is 3. The van der Waals surface area contributed by atoms with Gasteiger partial charge in [0.15, 0.2) is 0 Å². The predicted molar refractivity (Wildman–Crippen MR) is 69.9 cm³/mol. The topological polar surface area (TPSA) is 70.0 Å². The second-order valence-electron chi connectivity index (χ2n) is 4.85. The summed E-state index contributed by atoms with van der Waals surface area (Å²) in [5.74, 6) is 0.633. The van der Waals surface area contributed by atoms with Crippen LogP contribution in [0, 0.1) is 0 Å². The third-order valence-corrected chi connectivity index (χ3v) is 3.58. The van der Waals surface area contributed by atoms with Gasteiger partial charge >= 0.3 is 0 Å². The van der Waals surface area contributed by atoms with Gasteiger partial charge < -0.3 is 19.8 Å². The van der Waals surface area contributed by atoms with Crippen LogP contribution in [0.3, 0.4) is 0 Å². The normalized spacial score (nSPS) is 26.5. The number of carbonyl (C=O) groups is 1. The van der Waals surface area contributed by atoms with Crippen molar-refractivity contribution in [3.8, 4) is 5.75 Å². The molecule has 2 N–H and O–H groups in total. The van der Waals surface area contributed by atoms with E-state index in [-0.39, 0.29) is 18.5 Å². The van der Waals surface area contributed by atoms with E-state index in [0.717, 1.165) is 11.3 Å². The number of amides is 1. The van der Waals surface area contributed by atoms with Crippen LogP contribution in [0.15, 0.2) is 24.3 Å². The summed E-state index contributed by atoms with van der Waals surface area (Å²) >= 11 is 0. The summed E-state index contributed by atoms with van der Waals surface area (Å²) in [5, 5.41) is 19.7. The molecule has 0 radical (unpaired) electrons. The van der Waals surface area contributed by atoms with Crippen LogP contribution in [-0.4, -0.2) is 52.9 Å². The summed E-state index contributed by atoms with van der Waals surface area (Å²) in [6, 6.07) is 7.10. The van der Waals surface area contributed by atoms with E-state index in [0.29, 0.717) is 6.42 Å². The number of benzene rings is 1. The van der Waals surface area contributed by atoms with Gasteiger partial charge in [0, 0.05) is 13.5 Å². The highest BCUT2D eigenvalue weighted by Crippen LogP contribution is 2.23. The third-order valence-electron chi connectivity index (χ3n) is 3.58. The average molecular weight is 265 g/mol. The minimum Gasteiger partial charge on any atom is -0.497 e. The van der Waals surface area contributed by atoms with E-state index in [2.05, 4.69) is 0 Å². The van der Waals surface area contributed by atoms with Gasteiger partial charge in [-0.15, -0.1) is 0 Å². The monoisotopic (exact) mass is 265 g/mol. The van der Waals surface area contributed by atoms with E-state index in [9.17, 15) is 15.0 Å². The van der Waals surface area contributed by atoms with Gasteiger partial charge in [0.2, 0.25) is 5.91 Å². The predicted octanol–water partition coefficient (Wildman–Crippen LogP) is 0.190. The van der Waals surface area contributed by atoms with E-state index in [1.54, 1.807) is 7.11 Å². The summed E-state index contributed by atoms with van der Waals surface area (Å²) in [7, 11) is 1.60. The SMILES string of the molecule is COc1ccc(CC2C(O)C(O)CN2C(C)=O)cc1. The maximum absolute atomic E-state index is 11.5. The van der Waals surface area contributed by atoms with E-state index in [1.165, 1.54) is 11.8 Å². The number of hydrogen-bond acceptors (Lipinski definition) is 4. The van der Waals surface area contributed by atoms with Gasteiger partial charge in [-0.25, -0.2) is 0 Å². The Morgan fingerprint density at radius 3 is 2.53 bits per heavy atom. The van der Waals surface area contributed by atoms with Crippen LogP contribution < -0.4 is 4.74 Å². The number of methoxy groups -OCH3 is 1. The Morgan fingerprint density at radius 1 is 1.37 bits per heavy atom. The Hall–Kier alpha value is -1.59. The molecule has 1 saturated heterocycles. The molecular formula is C14H19NO4. The molecule has 104 valence electrons. The number of aliphatic hydroxyl groups is 2. The van der Waals surface area contributed by atoms with Crippen LogP contribution in [0.1, 0.15) is 12.5 Å². The van der Waals surface area contributed by atoms with Crippen LogP contribution in [0.4, 0.5) is 0 Å². The van der Waals surface area contributed by atoms with Crippen molar-refractivity contribution < 1.29 is 19.7 Å². The molecule has 5 nitrogen and oxygen atoms in total. The number of likely N-dealkylation sites (tertiary alicyclic amines) is 1. The van der Waals surface area contributed by atoms with Crippen molar-refractivity contribution in [2.45, 2.75) is 31.6 Å². The average Bonchev–Trinajstić information content (AvgIpc) is 2.68. The van der Waals surface area contributed by atoms with Crippen LogP contribution in [0.25, 0.3) is 0 Å². The first kappa shape index (κ1) is 13.8. The van der Waals surface area contributed by atoms with Crippen LogP contribution in [0.2, 0.25) is 0 Å².